The average Bonchev–Trinajstić information content (AvgIpc) is 2.79. The van der Waals surface area contributed by atoms with Gasteiger partial charge in [0.15, 0.2) is 0 Å². The number of hydrogen-bond donors (Lipinski definition) is 2. The molecule has 0 amide bonds. The first-order valence-corrected chi connectivity index (χ1v) is 12.2. The van der Waals surface area contributed by atoms with Gasteiger partial charge in [0.25, 0.3) is 0 Å². The number of halogens is 2. The van der Waals surface area contributed by atoms with Crippen molar-refractivity contribution in [1.82, 2.24) is 4.57 Å². The monoisotopic (exact) mass is 507 g/mol. The Hall–Kier alpha value is -2.47. The average molecular weight is 508 g/mol. The van der Waals surface area contributed by atoms with Crippen molar-refractivity contribution in [3.05, 3.63) is 74.3 Å². The van der Waals surface area contributed by atoms with E-state index in [4.69, 9.17) is 16.3 Å². The summed E-state index contributed by atoms with van der Waals surface area (Å²) in [5.74, 6) is -1.50. The van der Waals surface area contributed by atoms with Gasteiger partial charge >= 0.3 is 5.97 Å². The molecule has 9 heteroatoms. The van der Waals surface area contributed by atoms with Gasteiger partial charge < -0.3 is 19.5 Å². The Labute approximate surface area is 204 Å². The van der Waals surface area contributed by atoms with E-state index < -0.39 is 28.8 Å². The van der Waals surface area contributed by atoms with Crippen LogP contribution in [0.25, 0.3) is 10.9 Å². The Morgan fingerprint density at radius 1 is 1.26 bits per heavy atom. The van der Waals surface area contributed by atoms with Crippen LogP contribution in [-0.2, 0) is 6.42 Å². The largest absolute Gasteiger partial charge is 0.493 e. The molecule has 3 rings (SSSR count). The number of aromatic nitrogens is 1. The lowest BCUT2D eigenvalue weighted by atomic mass is 9.98. The summed E-state index contributed by atoms with van der Waals surface area (Å²) in [7, 11) is 2.63. The lowest BCUT2D eigenvalue weighted by Gasteiger charge is -2.25. The molecule has 34 heavy (non-hydrogen) atoms. The zero-order valence-electron chi connectivity index (χ0n) is 19.1. The van der Waals surface area contributed by atoms with E-state index in [1.165, 1.54) is 12.3 Å². The summed E-state index contributed by atoms with van der Waals surface area (Å²) < 4.78 is 22.3. The number of aromatic carboxylic acids is 1. The summed E-state index contributed by atoms with van der Waals surface area (Å²) in [6.45, 7) is 3.97. The van der Waals surface area contributed by atoms with Gasteiger partial charge in [0.2, 0.25) is 5.43 Å². The summed E-state index contributed by atoms with van der Waals surface area (Å²) in [6.07, 6.45) is 2.97. The van der Waals surface area contributed by atoms with E-state index in [0.29, 0.717) is 29.0 Å². The summed E-state index contributed by atoms with van der Waals surface area (Å²) in [5, 5.41) is 19.8. The molecule has 0 bridgehead atoms. The van der Waals surface area contributed by atoms with Gasteiger partial charge in [-0.3, -0.25) is 4.79 Å². The number of fused-ring (bicyclic) bond motifs is 1. The fourth-order valence-electron chi connectivity index (χ4n) is 3.90. The van der Waals surface area contributed by atoms with Crippen molar-refractivity contribution in [3.8, 4) is 5.75 Å². The van der Waals surface area contributed by atoms with Crippen molar-refractivity contribution in [2.45, 2.75) is 32.7 Å². The van der Waals surface area contributed by atoms with Crippen molar-refractivity contribution >= 4 is 37.7 Å². The van der Waals surface area contributed by atoms with Crippen LogP contribution in [0.2, 0.25) is 5.02 Å². The molecule has 0 spiro atoms. The molecule has 6 nitrogen and oxygen atoms in total. The second-order valence-corrected chi connectivity index (χ2v) is 9.42. The molecular formula is C25H28ClFNO5P. The van der Waals surface area contributed by atoms with Crippen molar-refractivity contribution in [2.75, 3.05) is 19.4 Å². The highest BCUT2D eigenvalue weighted by molar-refractivity contribution is 7.16. The normalized spacial score (nSPS) is 12.3. The molecule has 3 aromatic rings. The Morgan fingerprint density at radius 3 is 2.62 bits per heavy atom. The summed E-state index contributed by atoms with van der Waals surface area (Å²) in [4.78, 5) is 24.9. The third kappa shape index (κ3) is 5.43. The number of benzene rings is 2. The van der Waals surface area contributed by atoms with E-state index in [1.54, 1.807) is 28.8 Å². The molecule has 0 radical (unpaired) electrons. The number of nitrogens with zero attached hydrogens (tertiary/aromatic N) is 1. The van der Waals surface area contributed by atoms with Crippen LogP contribution < -0.4 is 10.2 Å². The number of rotatable bonds is 10. The quantitative estimate of drug-likeness (QED) is 0.300. The summed E-state index contributed by atoms with van der Waals surface area (Å²) in [6, 6.07) is 7.47. The molecule has 1 heterocycles. The minimum Gasteiger partial charge on any atom is -0.493 e. The maximum atomic E-state index is 14.6. The molecule has 0 aliphatic heterocycles. The second-order valence-electron chi connectivity index (χ2n) is 8.44. The number of pyridine rings is 1. The second kappa shape index (κ2) is 11.3. The van der Waals surface area contributed by atoms with Crippen LogP contribution in [0.4, 0.5) is 4.39 Å². The van der Waals surface area contributed by atoms with Crippen LogP contribution in [0.15, 0.2) is 41.3 Å². The molecule has 2 unspecified atom stereocenters. The van der Waals surface area contributed by atoms with Gasteiger partial charge in [0.05, 0.1) is 29.8 Å². The maximum Gasteiger partial charge on any atom is 0.341 e. The SMILES string of the molecule is CC(C)C(CO)n1cc(C(=O)O)c(=O)c2cc(Cc3cccc(Cl)c3F)c(OCCCP)cc21. The number of carboxylic acid groups (broad SMARTS) is 1. The fraction of sp³-hybridized carbons (Fsp3) is 0.360. The molecule has 0 fully saturated rings. The smallest absolute Gasteiger partial charge is 0.341 e. The highest BCUT2D eigenvalue weighted by Crippen LogP contribution is 2.32. The highest BCUT2D eigenvalue weighted by Gasteiger charge is 2.23. The van der Waals surface area contributed by atoms with Crippen LogP contribution in [0, 0.1) is 11.7 Å². The number of aliphatic hydroxyl groups excluding tert-OH is 1. The van der Waals surface area contributed by atoms with Gasteiger partial charge in [-0.15, -0.1) is 9.24 Å². The molecular weight excluding hydrogens is 480 g/mol. The van der Waals surface area contributed by atoms with Gasteiger partial charge in [-0.25, -0.2) is 9.18 Å². The van der Waals surface area contributed by atoms with Gasteiger partial charge in [0.1, 0.15) is 17.1 Å². The zero-order valence-corrected chi connectivity index (χ0v) is 21.0. The molecule has 0 saturated carbocycles. The first-order valence-electron chi connectivity index (χ1n) is 11.0. The Balaban J connectivity index is 2.31. The van der Waals surface area contributed by atoms with Crippen LogP contribution >= 0.6 is 20.8 Å². The number of carboxylic acids is 1. The minimum atomic E-state index is -1.36. The van der Waals surface area contributed by atoms with Crippen molar-refractivity contribution in [3.63, 3.8) is 0 Å². The van der Waals surface area contributed by atoms with Crippen LogP contribution in [0.1, 0.15) is 47.8 Å². The van der Waals surface area contributed by atoms with E-state index in [0.717, 1.165) is 12.6 Å². The minimum absolute atomic E-state index is 0.0120. The molecule has 0 aliphatic carbocycles. The van der Waals surface area contributed by atoms with Crippen LogP contribution in [-0.4, -0.2) is 40.1 Å². The lowest BCUT2D eigenvalue weighted by Crippen LogP contribution is -2.25. The van der Waals surface area contributed by atoms with Crippen LogP contribution in [0.3, 0.4) is 0 Å². The number of carbonyl (C=O) groups is 1. The number of hydrogen-bond acceptors (Lipinski definition) is 4. The fourth-order valence-corrected chi connectivity index (χ4v) is 4.26. The highest BCUT2D eigenvalue weighted by atomic mass is 35.5. The van der Waals surface area contributed by atoms with Gasteiger partial charge in [-0.2, -0.15) is 0 Å². The Bertz CT molecular complexity index is 1260. The molecule has 0 saturated heterocycles. The van der Waals surface area contributed by atoms with E-state index in [-0.39, 0.29) is 29.4 Å². The molecule has 2 aromatic carbocycles. The van der Waals surface area contributed by atoms with Crippen molar-refractivity contribution < 1.29 is 24.1 Å². The van der Waals surface area contributed by atoms with Crippen LogP contribution in [0.5, 0.6) is 5.75 Å². The van der Waals surface area contributed by atoms with E-state index >= 15 is 0 Å². The molecule has 0 aliphatic rings. The maximum absolute atomic E-state index is 14.6. The van der Waals surface area contributed by atoms with Crippen molar-refractivity contribution in [2.24, 2.45) is 5.92 Å². The third-order valence-corrected chi connectivity index (χ3v) is 6.48. The Morgan fingerprint density at radius 2 is 2.00 bits per heavy atom. The summed E-state index contributed by atoms with van der Waals surface area (Å²) >= 11 is 5.95. The molecule has 2 atom stereocenters. The van der Waals surface area contributed by atoms with Gasteiger partial charge in [-0.05, 0) is 41.8 Å². The number of ether oxygens (including phenoxy) is 1. The Kier molecular flexibility index (Phi) is 8.69. The van der Waals surface area contributed by atoms with E-state index in [2.05, 4.69) is 9.24 Å². The standard InChI is InChI=1S/C25H28ClFNO5P/c1-14(2)21(13-29)28-12-18(25(31)32)24(30)17-10-16(9-15-5-3-6-19(26)23(15)27)22(11-20(17)28)33-7-4-8-34/h3,5-6,10-12,14,21,29H,4,7-9,13,34H2,1-2H3,(H,31,32). The molecule has 2 N–H and O–H groups in total. The lowest BCUT2D eigenvalue weighted by molar-refractivity contribution is 0.0694. The molecule has 1 aromatic heterocycles. The zero-order chi connectivity index (χ0) is 25.0. The van der Waals surface area contributed by atoms with E-state index in [1.807, 2.05) is 13.8 Å². The predicted octanol–water partition coefficient (Wildman–Crippen LogP) is 4.92. The third-order valence-electron chi connectivity index (χ3n) is 5.78. The molecule has 182 valence electrons. The first kappa shape index (κ1) is 26.1. The van der Waals surface area contributed by atoms with E-state index in [9.17, 15) is 24.2 Å². The number of aliphatic hydroxyl groups is 1. The summed E-state index contributed by atoms with van der Waals surface area (Å²) in [5.41, 5.74) is 0.257. The van der Waals surface area contributed by atoms with Crippen molar-refractivity contribution in [1.29, 1.82) is 0 Å². The van der Waals surface area contributed by atoms with Gasteiger partial charge in [0, 0.05) is 24.1 Å². The first-order chi connectivity index (χ1) is 16.2. The topological polar surface area (TPSA) is 88.8 Å². The predicted molar refractivity (Wildman–Crippen MR) is 135 cm³/mol. The van der Waals surface area contributed by atoms with Gasteiger partial charge in [-0.1, -0.05) is 37.6 Å².